The fraction of sp³-hybridized carbons (Fsp3) is 0.600. The maximum Gasteiger partial charge on any atom is 0.250 e. The lowest BCUT2D eigenvalue weighted by molar-refractivity contribution is -0.138. The number of morpholine rings is 1. The van der Waals surface area contributed by atoms with Crippen LogP contribution in [0.15, 0.2) is 6.20 Å². The maximum absolute atomic E-state index is 11.5. The largest absolute Gasteiger partial charge is 0.375 e. The summed E-state index contributed by atoms with van der Waals surface area (Å²) in [4.78, 5) is 18.8. The number of hydrogen-bond donors (Lipinski definition) is 2. The Balaban J connectivity index is 0.00000162. The smallest absolute Gasteiger partial charge is 0.250 e. The molecule has 1 amide bonds. The Morgan fingerprint density at radius 3 is 3.17 bits per heavy atom. The molecule has 0 aromatic carbocycles. The van der Waals surface area contributed by atoms with Crippen LogP contribution in [0.2, 0.25) is 0 Å². The normalized spacial score (nSPS) is 20.2. The minimum Gasteiger partial charge on any atom is -0.375 e. The number of rotatable bonds is 3. The van der Waals surface area contributed by atoms with E-state index < -0.39 is 0 Å². The number of halogens is 1. The first-order valence-electron chi connectivity index (χ1n) is 5.45. The molecule has 3 N–H and O–H groups in total. The third kappa shape index (κ3) is 3.81. The lowest BCUT2D eigenvalue weighted by Gasteiger charge is -2.31. The van der Waals surface area contributed by atoms with E-state index in [1.165, 1.54) is 11.3 Å². The van der Waals surface area contributed by atoms with Crippen molar-refractivity contribution in [3.05, 3.63) is 11.1 Å². The molecule has 0 saturated carbocycles. The van der Waals surface area contributed by atoms with Crippen molar-refractivity contribution >= 4 is 34.8 Å². The van der Waals surface area contributed by atoms with Gasteiger partial charge in [-0.3, -0.25) is 9.69 Å². The van der Waals surface area contributed by atoms with E-state index in [0.717, 1.165) is 18.0 Å². The first-order chi connectivity index (χ1) is 8.19. The number of aromatic nitrogens is 1. The summed E-state index contributed by atoms with van der Waals surface area (Å²) in [5, 5.41) is 3.18. The molecule has 2 heterocycles. The van der Waals surface area contributed by atoms with E-state index in [1.807, 2.05) is 0 Å². The van der Waals surface area contributed by atoms with Gasteiger partial charge in [0.05, 0.1) is 6.61 Å². The molecule has 1 aromatic rings. The maximum atomic E-state index is 11.5. The summed E-state index contributed by atoms with van der Waals surface area (Å²) in [7, 11) is 1.62. The zero-order valence-electron chi connectivity index (χ0n) is 10.1. The topological polar surface area (TPSA) is 80.5 Å². The van der Waals surface area contributed by atoms with Gasteiger partial charge in [-0.05, 0) is 0 Å². The summed E-state index contributed by atoms with van der Waals surface area (Å²) in [6.45, 7) is 2.78. The van der Waals surface area contributed by atoms with Crippen LogP contribution in [0, 0.1) is 0 Å². The summed E-state index contributed by atoms with van der Waals surface area (Å²) >= 11 is 1.48. The average Bonchev–Trinajstić information content (AvgIpc) is 2.74. The van der Waals surface area contributed by atoms with Gasteiger partial charge in [-0.25, -0.2) is 4.98 Å². The second-order valence-electron chi connectivity index (χ2n) is 3.87. The Labute approximate surface area is 116 Å². The molecule has 0 radical (unpaired) electrons. The van der Waals surface area contributed by atoms with Gasteiger partial charge in [0.15, 0.2) is 5.13 Å². The molecular formula is C10H17ClN4O2S. The van der Waals surface area contributed by atoms with Gasteiger partial charge in [0.25, 0.3) is 0 Å². The van der Waals surface area contributed by atoms with Gasteiger partial charge >= 0.3 is 0 Å². The number of nitrogen functional groups attached to an aromatic ring is 1. The predicted octanol–water partition coefficient (Wildman–Crippen LogP) is 0.0939. The summed E-state index contributed by atoms with van der Waals surface area (Å²) in [5.74, 6) is -0.0708. The molecule has 1 fully saturated rings. The Kier molecular flexibility index (Phi) is 5.80. The molecule has 1 aliphatic heterocycles. The molecule has 1 saturated heterocycles. The second kappa shape index (κ2) is 6.89. The van der Waals surface area contributed by atoms with Gasteiger partial charge in [-0.15, -0.1) is 23.7 Å². The van der Waals surface area contributed by atoms with Crippen LogP contribution in [0.25, 0.3) is 0 Å². The van der Waals surface area contributed by atoms with Gasteiger partial charge in [0.1, 0.15) is 6.10 Å². The van der Waals surface area contributed by atoms with Crippen LogP contribution in [0.4, 0.5) is 5.13 Å². The van der Waals surface area contributed by atoms with Crippen LogP contribution >= 0.6 is 23.7 Å². The second-order valence-corrected chi connectivity index (χ2v) is 5.02. The number of nitrogens with one attached hydrogen (secondary N) is 1. The van der Waals surface area contributed by atoms with Crippen LogP contribution in [-0.2, 0) is 16.1 Å². The first-order valence-corrected chi connectivity index (χ1v) is 6.26. The lowest BCUT2D eigenvalue weighted by Crippen LogP contribution is -2.48. The molecule has 6 nitrogen and oxygen atoms in total. The van der Waals surface area contributed by atoms with Crippen molar-refractivity contribution in [2.75, 3.05) is 32.5 Å². The van der Waals surface area contributed by atoms with Crippen LogP contribution < -0.4 is 11.1 Å². The molecule has 1 unspecified atom stereocenters. The van der Waals surface area contributed by atoms with Gasteiger partial charge < -0.3 is 15.8 Å². The number of amides is 1. The number of carbonyl (C=O) groups is 1. The van der Waals surface area contributed by atoms with Crippen LogP contribution in [0.5, 0.6) is 0 Å². The highest BCUT2D eigenvalue weighted by Gasteiger charge is 2.25. The van der Waals surface area contributed by atoms with E-state index in [9.17, 15) is 4.79 Å². The molecule has 102 valence electrons. The van der Waals surface area contributed by atoms with Crippen molar-refractivity contribution in [3.8, 4) is 0 Å². The van der Waals surface area contributed by atoms with E-state index in [4.69, 9.17) is 10.5 Å². The minimum absolute atomic E-state index is 0. The fourth-order valence-corrected chi connectivity index (χ4v) is 2.51. The van der Waals surface area contributed by atoms with Gasteiger partial charge in [-0.1, -0.05) is 0 Å². The zero-order valence-corrected chi connectivity index (χ0v) is 11.7. The summed E-state index contributed by atoms with van der Waals surface area (Å²) in [6.07, 6.45) is 1.41. The molecule has 2 rings (SSSR count). The SMILES string of the molecule is CNC(=O)C1CN(Cc2cnc(N)s2)CCO1.Cl. The molecule has 1 atom stereocenters. The quantitative estimate of drug-likeness (QED) is 0.825. The van der Waals surface area contributed by atoms with Crippen LogP contribution in [-0.4, -0.2) is 48.6 Å². The summed E-state index contributed by atoms with van der Waals surface area (Å²) < 4.78 is 5.41. The highest BCUT2D eigenvalue weighted by Crippen LogP contribution is 2.18. The molecule has 8 heteroatoms. The monoisotopic (exact) mass is 292 g/mol. The van der Waals surface area contributed by atoms with E-state index in [2.05, 4.69) is 15.2 Å². The molecule has 1 aliphatic rings. The Hall–Kier alpha value is -0.890. The van der Waals surface area contributed by atoms with Gasteiger partial charge in [0, 0.05) is 37.8 Å². The van der Waals surface area contributed by atoms with E-state index in [-0.39, 0.29) is 24.4 Å². The Morgan fingerprint density at radius 1 is 1.78 bits per heavy atom. The molecule has 0 bridgehead atoms. The first kappa shape index (κ1) is 15.2. The molecule has 0 spiro atoms. The highest BCUT2D eigenvalue weighted by molar-refractivity contribution is 7.15. The fourth-order valence-electron chi connectivity index (χ4n) is 1.78. The lowest BCUT2D eigenvalue weighted by atomic mass is 10.2. The van der Waals surface area contributed by atoms with Gasteiger partial charge in [-0.2, -0.15) is 0 Å². The zero-order chi connectivity index (χ0) is 12.3. The third-order valence-electron chi connectivity index (χ3n) is 2.64. The van der Waals surface area contributed by atoms with Gasteiger partial charge in [0.2, 0.25) is 5.91 Å². The van der Waals surface area contributed by atoms with E-state index >= 15 is 0 Å². The molecule has 18 heavy (non-hydrogen) atoms. The number of ether oxygens (including phenoxy) is 1. The number of carbonyl (C=O) groups excluding carboxylic acids is 1. The minimum atomic E-state index is -0.376. The summed E-state index contributed by atoms with van der Waals surface area (Å²) in [6, 6.07) is 0. The van der Waals surface area contributed by atoms with Crippen LogP contribution in [0.3, 0.4) is 0 Å². The van der Waals surface area contributed by atoms with Crippen molar-refractivity contribution < 1.29 is 9.53 Å². The third-order valence-corrected chi connectivity index (χ3v) is 3.45. The predicted molar refractivity (Wildman–Crippen MR) is 72.9 cm³/mol. The van der Waals surface area contributed by atoms with Crippen molar-refractivity contribution in [3.63, 3.8) is 0 Å². The number of nitrogens with two attached hydrogens (primary N) is 1. The molecular weight excluding hydrogens is 276 g/mol. The van der Waals surface area contributed by atoms with E-state index in [0.29, 0.717) is 18.3 Å². The Morgan fingerprint density at radius 2 is 2.56 bits per heavy atom. The number of hydrogen-bond acceptors (Lipinski definition) is 6. The van der Waals surface area contributed by atoms with E-state index in [1.54, 1.807) is 13.2 Å². The Bertz CT molecular complexity index is 401. The van der Waals surface area contributed by atoms with Crippen LogP contribution in [0.1, 0.15) is 4.88 Å². The number of likely N-dealkylation sites (N-methyl/N-ethyl adjacent to an activating group) is 1. The number of nitrogens with zero attached hydrogens (tertiary/aromatic N) is 2. The van der Waals surface area contributed by atoms with Crippen molar-refractivity contribution in [1.82, 2.24) is 15.2 Å². The molecule has 0 aliphatic carbocycles. The standard InChI is InChI=1S/C10H16N4O2S.ClH/c1-12-9(15)8-6-14(2-3-16-8)5-7-4-13-10(11)17-7;/h4,8H,2-3,5-6H2,1H3,(H2,11,13)(H,12,15);1H. The number of anilines is 1. The van der Waals surface area contributed by atoms with Crippen molar-refractivity contribution in [2.45, 2.75) is 12.6 Å². The highest BCUT2D eigenvalue weighted by atomic mass is 35.5. The summed E-state index contributed by atoms with van der Waals surface area (Å²) in [5.41, 5.74) is 5.58. The molecule has 1 aromatic heterocycles. The average molecular weight is 293 g/mol. The number of thiazole rings is 1. The van der Waals surface area contributed by atoms with Crippen molar-refractivity contribution in [2.24, 2.45) is 0 Å². The van der Waals surface area contributed by atoms with Crippen molar-refractivity contribution in [1.29, 1.82) is 0 Å².